The molecular formula is C25H31N5O2. The summed E-state index contributed by atoms with van der Waals surface area (Å²) in [6, 6.07) is 4.10. The fourth-order valence-corrected chi connectivity index (χ4v) is 5.67. The third-order valence-corrected chi connectivity index (χ3v) is 8.11. The molecule has 2 fully saturated rings. The normalized spacial score (nSPS) is 26.0. The average molecular weight is 434 g/mol. The SMILES string of the molecule is Cc1cc2[nH]c(-c3n[nH]c4c3C[C@@H]3C[C@]3(C)C4)nc2cc1CC(=O)[C@H](C)N1CCOCC1. The highest BCUT2D eigenvalue weighted by Crippen LogP contribution is 2.59. The maximum Gasteiger partial charge on any atom is 0.159 e. The van der Waals surface area contributed by atoms with Gasteiger partial charge in [0.2, 0.25) is 0 Å². The molecule has 3 aromatic rings. The van der Waals surface area contributed by atoms with E-state index < -0.39 is 0 Å². The molecule has 7 heteroatoms. The quantitative estimate of drug-likeness (QED) is 0.645. The molecule has 0 unspecified atom stereocenters. The van der Waals surface area contributed by atoms with E-state index in [0.717, 1.165) is 65.5 Å². The Hall–Kier alpha value is -2.51. The number of nitrogens with zero attached hydrogens (tertiary/aromatic N) is 3. The molecule has 7 nitrogen and oxygen atoms in total. The van der Waals surface area contributed by atoms with E-state index in [-0.39, 0.29) is 11.8 Å². The molecule has 168 valence electrons. The number of Topliss-reactive ketones (excluding diaryl/α,β-unsaturated/α-hetero) is 1. The van der Waals surface area contributed by atoms with E-state index in [1.54, 1.807) is 0 Å². The van der Waals surface area contributed by atoms with Crippen LogP contribution in [0.4, 0.5) is 0 Å². The molecule has 6 rings (SSSR count). The van der Waals surface area contributed by atoms with E-state index in [2.05, 4.69) is 46.1 Å². The first-order chi connectivity index (χ1) is 15.4. The minimum atomic E-state index is -0.0903. The van der Waals surface area contributed by atoms with E-state index in [1.165, 1.54) is 17.7 Å². The summed E-state index contributed by atoms with van der Waals surface area (Å²) >= 11 is 0. The largest absolute Gasteiger partial charge is 0.379 e. The highest BCUT2D eigenvalue weighted by Gasteiger charge is 2.53. The van der Waals surface area contributed by atoms with Crippen molar-refractivity contribution in [3.05, 3.63) is 34.5 Å². The predicted octanol–water partition coefficient (Wildman–Crippen LogP) is 3.22. The molecule has 1 aliphatic heterocycles. The Morgan fingerprint density at radius 1 is 1.34 bits per heavy atom. The van der Waals surface area contributed by atoms with Crippen molar-refractivity contribution in [3.8, 4) is 11.5 Å². The van der Waals surface area contributed by atoms with Gasteiger partial charge in [0.1, 0.15) is 5.69 Å². The fraction of sp³-hybridized carbons (Fsp3) is 0.560. The number of hydrogen-bond acceptors (Lipinski definition) is 5. The van der Waals surface area contributed by atoms with Crippen LogP contribution in [-0.2, 0) is 28.8 Å². The first-order valence-corrected chi connectivity index (χ1v) is 11.8. The summed E-state index contributed by atoms with van der Waals surface area (Å²) in [4.78, 5) is 23.6. The number of aromatic amines is 2. The van der Waals surface area contributed by atoms with Gasteiger partial charge in [-0.1, -0.05) is 6.92 Å². The molecule has 3 heterocycles. The summed E-state index contributed by atoms with van der Waals surface area (Å²) in [6.45, 7) is 9.52. The summed E-state index contributed by atoms with van der Waals surface area (Å²) in [6.07, 6.45) is 3.93. The van der Waals surface area contributed by atoms with Gasteiger partial charge in [-0.25, -0.2) is 4.98 Å². The van der Waals surface area contributed by atoms with Crippen LogP contribution < -0.4 is 0 Å². The predicted molar refractivity (Wildman–Crippen MR) is 123 cm³/mol. The number of aryl methyl sites for hydroxylation is 1. The average Bonchev–Trinajstić information content (AvgIpc) is 3.06. The number of imidazole rings is 1. The van der Waals surface area contributed by atoms with E-state index in [0.29, 0.717) is 25.0 Å². The Labute approximate surface area is 187 Å². The zero-order valence-electron chi connectivity index (χ0n) is 19.1. The molecule has 0 spiro atoms. The summed E-state index contributed by atoms with van der Waals surface area (Å²) < 4.78 is 5.42. The lowest BCUT2D eigenvalue weighted by molar-refractivity contribution is -0.124. The highest BCUT2D eigenvalue weighted by atomic mass is 16.5. The summed E-state index contributed by atoms with van der Waals surface area (Å²) in [5.41, 5.74) is 8.11. The van der Waals surface area contributed by atoms with Crippen LogP contribution >= 0.6 is 0 Å². The monoisotopic (exact) mass is 433 g/mol. The van der Waals surface area contributed by atoms with Gasteiger partial charge in [-0.3, -0.25) is 14.8 Å². The number of aromatic nitrogens is 4. The molecule has 3 atom stereocenters. The van der Waals surface area contributed by atoms with E-state index >= 15 is 0 Å². The van der Waals surface area contributed by atoms with Crippen molar-refractivity contribution in [3.63, 3.8) is 0 Å². The molecule has 1 aromatic carbocycles. The molecule has 0 bridgehead atoms. The number of nitrogens with one attached hydrogen (secondary N) is 2. The Morgan fingerprint density at radius 2 is 2.16 bits per heavy atom. The summed E-state index contributed by atoms with van der Waals surface area (Å²) in [5, 5.41) is 7.90. The maximum atomic E-state index is 13.0. The van der Waals surface area contributed by atoms with Crippen LogP contribution in [0.5, 0.6) is 0 Å². The Balaban J connectivity index is 1.26. The molecular weight excluding hydrogens is 402 g/mol. The van der Waals surface area contributed by atoms with Crippen molar-refractivity contribution in [2.45, 2.75) is 52.5 Å². The second-order valence-corrected chi connectivity index (χ2v) is 10.3. The van der Waals surface area contributed by atoms with Gasteiger partial charge in [0, 0.05) is 30.8 Å². The number of hydrogen-bond donors (Lipinski definition) is 2. The van der Waals surface area contributed by atoms with E-state index in [4.69, 9.17) is 9.72 Å². The Kier molecular flexibility index (Phi) is 4.56. The number of fused-ring (bicyclic) bond motifs is 3. The van der Waals surface area contributed by atoms with Gasteiger partial charge in [-0.2, -0.15) is 5.10 Å². The molecule has 2 N–H and O–H groups in total. The zero-order chi connectivity index (χ0) is 22.0. The van der Waals surface area contributed by atoms with Crippen molar-refractivity contribution in [2.75, 3.05) is 26.3 Å². The molecule has 2 aromatic heterocycles. The van der Waals surface area contributed by atoms with Crippen LogP contribution in [0.3, 0.4) is 0 Å². The summed E-state index contributed by atoms with van der Waals surface area (Å²) in [5.74, 6) is 1.86. The third kappa shape index (κ3) is 3.30. The minimum absolute atomic E-state index is 0.0903. The highest BCUT2D eigenvalue weighted by molar-refractivity contribution is 5.88. The van der Waals surface area contributed by atoms with E-state index in [1.807, 2.05) is 6.92 Å². The minimum Gasteiger partial charge on any atom is -0.379 e. The second kappa shape index (κ2) is 7.25. The molecule has 0 radical (unpaired) electrons. The van der Waals surface area contributed by atoms with E-state index in [9.17, 15) is 4.79 Å². The molecule has 32 heavy (non-hydrogen) atoms. The summed E-state index contributed by atoms with van der Waals surface area (Å²) in [7, 11) is 0. The number of rotatable bonds is 5. The molecule has 1 saturated heterocycles. The lowest BCUT2D eigenvalue weighted by Gasteiger charge is -2.31. The van der Waals surface area contributed by atoms with Crippen LogP contribution in [0, 0.1) is 18.3 Å². The third-order valence-electron chi connectivity index (χ3n) is 8.11. The van der Waals surface area contributed by atoms with Crippen LogP contribution in [0.15, 0.2) is 12.1 Å². The van der Waals surface area contributed by atoms with Crippen LogP contribution in [0.1, 0.15) is 42.7 Å². The van der Waals surface area contributed by atoms with Crippen molar-refractivity contribution < 1.29 is 9.53 Å². The molecule has 2 aliphatic carbocycles. The second-order valence-electron chi connectivity index (χ2n) is 10.3. The lowest BCUT2D eigenvalue weighted by Crippen LogP contribution is -2.46. The van der Waals surface area contributed by atoms with Gasteiger partial charge < -0.3 is 9.72 Å². The molecule has 3 aliphatic rings. The van der Waals surface area contributed by atoms with Gasteiger partial charge >= 0.3 is 0 Å². The van der Waals surface area contributed by atoms with Gasteiger partial charge in [-0.05, 0) is 67.7 Å². The van der Waals surface area contributed by atoms with Crippen molar-refractivity contribution >= 4 is 16.8 Å². The first-order valence-electron chi connectivity index (χ1n) is 11.8. The van der Waals surface area contributed by atoms with Crippen molar-refractivity contribution in [1.82, 2.24) is 25.1 Å². The number of ketones is 1. The van der Waals surface area contributed by atoms with Crippen molar-refractivity contribution in [2.24, 2.45) is 11.3 Å². The number of morpholine rings is 1. The van der Waals surface area contributed by atoms with Crippen LogP contribution in [-0.4, -0.2) is 63.2 Å². The molecule has 0 amide bonds. The maximum absolute atomic E-state index is 13.0. The zero-order valence-corrected chi connectivity index (χ0v) is 19.1. The smallest absolute Gasteiger partial charge is 0.159 e. The number of H-pyrrole nitrogens is 2. The van der Waals surface area contributed by atoms with Crippen LogP contribution in [0.2, 0.25) is 0 Å². The number of benzene rings is 1. The standard InChI is InChI=1S/C25H31N5O2/c1-14-8-19-20(9-16(14)10-22(31)15(2)30-4-6-32-7-5-30)27-24(26-19)23-18-11-17-12-25(17,3)13-21(18)28-29-23/h8-9,15,17H,4-7,10-13H2,1-3H3,(H,26,27)(H,28,29)/t15-,17+,25+/m0/s1. The fourth-order valence-electron chi connectivity index (χ4n) is 5.67. The molecule has 1 saturated carbocycles. The Morgan fingerprint density at radius 3 is 2.97 bits per heavy atom. The van der Waals surface area contributed by atoms with Crippen molar-refractivity contribution in [1.29, 1.82) is 0 Å². The van der Waals surface area contributed by atoms with Crippen LogP contribution in [0.25, 0.3) is 22.6 Å². The van der Waals surface area contributed by atoms with Gasteiger partial charge in [-0.15, -0.1) is 0 Å². The first kappa shape index (κ1) is 20.1. The van der Waals surface area contributed by atoms with Gasteiger partial charge in [0.05, 0.1) is 30.3 Å². The van der Waals surface area contributed by atoms with Gasteiger partial charge in [0.25, 0.3) is 0 Å². The number of ether oxygens (including phenoxy) is 1. The lowest BCUT2D eigenvalue weighted by atomic mass is 9.88. The van der Waals surface area contributed by atoms with Gasteiger partial charge in [0.15, 0.2) is 11.6 Å². The topological polar surface area (TPSA) is 86.9 Å². The Bertz CT molecular complexity index is 1200. The number of carbonyl (C=O) groups excluding carboxylic acids is 1. The number of carbonyl (C=O) groups is 1.